The van der Waals surface area contributed by atoms with Crippen molar-refractivity contribution in [3.63, 3.8) is 0 Å². The molecule has 0 aliphatic carbocycles. The second-order valence-corrected chi connectivity index (χ2v) is 17.8. The Bertz CT molecular complexity index is 2470. The number of hydrogen-bond donors (Lipinski definition) is 0. The molecule has 1 atom stereocenters. The summed E-state index contributed by atoms with van der Waals surface area (Å²) in [5, 5.41) is 0. The normalized spacial score (nSPS) is 12.5. The van der Waals surface area contributed by atoms with Gasteiger partial charge in [-0.1, -0.05) is 62.7 Å². The molecule has 0 aromatic heterocycles. The summed E-state index contributed by atoms with van der Waals surface area (Å²) in [6, 6.07) is 40.5. The second-order valence-electron chi connectivity index (χ2n) is 13.9. The number of carbonyl (C=O) groups excluding carboxylic acids is 1. The molecule has 0 amide bonds. The van der Waals surface area contributed by atoms with Gasteiger partial charge in [0, 0.05) is 11.1 Å². The van der Waals surface area contributed by atoms with Crippen LogP contribution >= 0.6 is 0 Å². The van der Waals surface area contributed by atoms with Crippen LogP contribution in [-0.4, -0.2) is 22.6 Å². The van der Waals surface area contributed by atoms with Crippen molar-refractivity contribution in [3.05, 3.63) is 173 Å². The lowest BCUT2D eigenvalue weighted by molar-refractivity contribution is 0.103. The first-order chi connectivity index (χ1) is 26.2. The lowest BCUT2D eigenvalue weighted by Gasteiger charge is -2.27. The van der Waals surface area contributed by atoms with E-state index in [-0.39, 0.29) is 36.9 Å². The molecule has 9 heteroatoms. The average Bonchev–Trinajstić information content (AvgIpc) is 3.21. The minimum atomic E-state index is -3.70. The van der Waals surface area contributed by atoms with Crippen molar-refractivity contribution < 1.29 is 31.1 Å². The zero-order valence-electron chi connectivity index (χ0n) is 31.5. The van der Waals surface area contributed by atoms with Crippen LogP contribution < -0.4 is 9.47 Å². The summed E-state index contributed by atoms with van der Waals surface area (Å²) in [6.07, 6.45) is 1.56. The summed E-state index contributed by atoms with van der Waals surface area (Å²) in [7, 11) is -7.33. The van der Waals surface area contributed by atoms with Gasteiger partial charge in [-0.3, -0.25) is 4.79 Å². The van der Waals surface area contributed by atoms with Gasteiger partial charge in [-0.15, -0.1) is 0 Å². The largest absolute Gasteiger partial charge is 0.486 e. The summed E-state index contributed by atoms with van der Waals surface area (Å²) in [4.78, 5) is 14.1. The number of hydrogen-bond acceptors (Lipinski definition) is 7. The van der Waals surface area contributed by atoms with Gasteiger partial charge in [-0.2, -0.15) is 0 Å². The zero-order valence-corrected chi connectivity index (χ0v) is 33.2. The SMILES string of the molecule is CCC(C)(CC)c1ccc(S(=O)(=O)c2ccc(Oc3ccc(C(=O)c4ccc(OC(C)c5ccc(S(=O)(=O)c6ccc(C)cc6)cc5)cc4)cc3)cc2)cc1. The fourth-order valence-electron chi connectivity index (χ4n) is 6.22. The van der Waals surface area contributed by atoms with E-state index in [1.165, 1.54) is 12.1 Å². The van der Waals surface area contributed by atoms with E-state index in [2.05, 4.69) is 20.8 Å². The number of rotatable bonds is 14. The Hall–Kier alpha value is -5.51. The first-order valence-electron chi connectivity index (χ1n) is 18.2. The molecule has 0 fully saturated rings. The number of ether oxygens (including phenoxy) is 2. The molecule has 0 spiro atoms. The topological polar surface area (TPSA) is 104 Å². The monoisotopic (exact) mass is 772 g/mol. The minimum absolute atomic E-state index is 0.00440. The van der Waals surface area contributed by atoms with E-state index in [0.717, 1.165) is 29.5 Å². The highest BCUT2D eigenvalue weighted by Gasteiger charge is 2.24. The Balaban J connectivity index is 1.04. The highest BCUT2D eigenvalue weighted by molar-refractivity contribution is 7.91. The fraction of sp³-hybridized carbons (Fsp3) is 0.196. The van der Waals surface area contributed by atoms with E-state index in [4.69, 9.17) is 9.47 Å². The van der Waals surface area contributed by atoms with E-state index in [1.54, 1.807) is 121 Å². The summed E-state index contributed by atoms with van der Waals surface area (Å²) < 4.78 is 64.8. The van der Waals surface area contributed by atoms with Crippen LogP contribution in [0.2, 0.25) is 0 Å². The summed E-state index contributed by atoms with van der Waals surface area (Å²) in [6.45, 7) is 10.2. The van der Waals surface area contributed by atoms with Gasteiger partial charge in [-0.25, -0.2) is 16.8 Å². The van der Waals surface area contributed by atoms with Crippen LogP contribution in [0.5, 0.6) is 17.2 Å². The van der Waals surface area contributed by atoms with Crippen LogP contribution in [0, 0.1) is 6.92 Å². The number of ketones is 1. The van der Waals surface area contributed by atoms with Crippen molar-refractivity contribution in [2.75, 3.05) is 0 Å². The Morgan fingerprint density at radius 2 is 0.909 bits per heavy atom. The van der Waals surface area contributed by atoms with Gasteiger partial charge < -0.3 is 9.47 Å². The molecule has 0 aliphatic heterocycles. The maximum Gasteiger partial charge on any atom is 0.206 e. The average molecular weight is 773 g/mol. The Labute approximate surface area is 324 Å². The van der Waals surface area contributed by atoms with Gasteiger partial charge in [0.2, 0.25) is 19.7 Å². The van der Waals surface area contributed by atoms with Gasteiger partial charge in [0.15, 0.2) is 5.78 Å². The second kappa shape index (κ2) is 16.1. The van der Waals surface area contributed by atoms with Gasteiger partial charge in [0.05, 0.1) is 19.6 Å². The molecule has 0 saturated carbocycles. The van der Waals surface area contributed by atoms with Crippen LogP contribution in [0.4, 0.5) is 0 Å². The molecule has 0 aliphatic rings. The number of carbonyl (C=O) groups is 1. The van der Waals surface area contributed by atoms with Crippen LogP contribution in [0.1, 0.15) is 79.3 Å². The third-order valence-electron chi connectivity index (χ3n) is 10.3. The summed E-state index contributed by atoms with van der Waals surface area (Å²) in [5.41, 5.74) is 3.87. The quantitative estimate of drug-likeness (QED) is 0.102. The Morgan fingerprint density at radius 3 is 1.35 bits per heavy atom. The Morgan fingerprint density at radius 1 is 0.545 bits per heavy atom. The van der Waals surface area contributed by atoms with E-state index in [0.29, 0.717) is 28.4 Å². The van der Waals surface area contributed by atoms with Crippen molar-refractivity contribution >= 4 is 25.5 Å². The van der Waals surface area contributed by atoms with Crippen LogP contribution in [0.3, 0.4) is 0 Å². The maximum absolute atomic E-state index is 13.3. The molecular weight excluding hydrogens is 729 g/mol. The molecular formula is C46H44O7S2. The number of sulfone groups is 2. The molecule has 1 unspecified atom stereocenters. The van der Waals surface area contributed by atoms with Gasteiger partial charge in [0.25, 0.3) is 0 Å². The summed E-state index contributed by atoms with van der Waals surface area (Å²) >= 11 is 0. The predicted octanol–water partition coefficient (Wildman–Crippen LogP) is 10.9. The minimum Gasteiger partial charge on any atom is -0.486 e. The molecule has 0 N–H and O–H groups in total. The standard InChI is InChI=1S/C46H44O7S2/c1-6-46(5,7-2)37-16-28-43(29-17-37)55(50,51)44-30-22-40(23-31-44)53-39-20-12-36(13-21-39)45(47)35-10-18-38(19-11-35)52-33(4)34-14-26-42(27-15-34)54(48,49)41-24-8-32(3)9-25-41/h8-31,33H,6-7H2,1-5H3. The molecule has 0 saturated heterocycles. The van der Waals surface area contributed by atoms with Gasteiger partial charge in [-0.05, 0) is 152 Å². The van der Waals surface area contributed by atoms with Crippen LogP contribution in [-0.2, 0) is 25.1 Å². The highest BCUT2D eigenvalue weighted by atomic mass is 32.2. The molecule has 6 rings (SSSR count). The predicted molar refractivity (Wildman–Crippen MR) is 215 cm³/mol. The molecule has 7 nitrogen and oxygen atoms in total. The third-order valence-corrected chi connectivity index (χ3v) is 13.9. The third kappa shape index (κ3) is 8.58. The van der Waals surface area contributed by atoms with Crippen molar-refractivity contribution in [1.82, 2.24) is 0 Å². The van der Waals surface area contributed by atoms with Crippen LogP contribution in [0.25, 0.3) is 0 Å². The fourth-order valence-corrected chi connectivity index (χ4v) is 8.75. The molecule has 6 aromatic carbocycles. The van der Waals surface area contributed by atoms with E-state index in [9.17, 15) is 21.6 Å². The number of benzene rings is 6. The van der Waals surface area contributed by atoms with Crippen molar-refractivity contribution in [2.45, 2.75) is 78.6 Å². The lowest BCUT2D eigenvalue weighted by Crippen LogP contribution is -2.19. The lowest BCUT2D eigenvalue weighted by atomic mass is 9.78. The smallest absolute Gasteiger partial charge is 0.206 e. The number of aryl methyl sites for hydroxylation is 1. The zero-order chi connectivity index (χ0) is 39.4. The van der Waals surface area contributed by atoms with Crippen molar-refractivity contribution in [1.29, 1.82) is 0 Å². The highest BCUT2D eigenvalue weighted by Crippen LogP contribution is 2.33. The molecule has 0 bridgehead atoms. The van der Waals surface area contributed by atoms with Gasteiger partial charge in [0.1, 0.15) is 23.4 Å². The molecule has 0 heterocycles. The van der Waals surface area contributed by atoms with E-state index in [1.807, 2.05) is 26.0 Å². The summed E-state index contributed by atoms with van der Waals surface area (Å²) in [5.74, 6) is 1.35. The molecule has 282 valence electrons. The Kier molecular flexibility index (Phi) is 11.5. The first kappa shape index (κ1) is 39.2. The molecule has 0 radical (unpaired) electrons. The van der Waals surface area contributed by atoms with Gasteiger partial charge >= 0.3 is 0 Å². The maximum atomic E-state index is 13.3. The van der Waals surface area contributed by atoms with Crippen LogP contribution in [0.15, 0.2) is 165 Å². The van der Waals surface area contributed by atoms with Crippen molar-refractivity contribution in [2.24, 2.45) is 0 Å². The molecule has 55 heavy (non-hydrogen) atoms. The van der Waals surface area contributed by atoms with Crippen molar-refractivity contribution in [3.8, 4) is 17.2 Å². The van der Waals surface area contributed by atoms with E-state index < -0.39 is 19.7 Å². The molecule has 6 aromatic rings. The van der Waals surface area contributed by atoms with E-state index >= 15 is 0 Å². The first-order valence-corrected chi connectivity index (χ1v) is 21.2.